The molecular weight excluding hydrogens is 367 g/mol. The van der Waals surface area contributed by atoms with Gasteiger partial charge >= 0.3 is 0 Å². The van der Waals surface area contributed by atoms with E-state index in [-0.39, 0.29) is 0 Å². The average molecular weight is 393 g/mol. The molecule has 1 aliphatic rings. The van der Waals surface area contributed by atoms with Gasteiger partial charge < -0.3 is 14.7 Å². The van der Waals surface area contributed by atoms with Crippen molar-refractivity contribution >= 4 is 5.69 Å². The van der Waals surface area contributed by atoms with Crippen molar-refractivity contribution in [3.8, 4) is 11.5 Å². The molecule has 0 spiro atoms. The predicted molar refractivity (Wildman–Crippen MR) is 104 cm³/mol. The smallest absolute Gasteiger partial charge is 0.298 e. The molecule has 28 heavy (non-hydrogen) atoms. The number of nitrogens with zero attached hydrogens (tertiary/aromatic N) is 1. The molecule has 0 heterocycles. The maximum absolute atomic E-state index is 13.9. The van der Waals surface area contributed by atoms with Crippen molar-refractivity contribution in [1.29, 1.82) is 0 Å². The molecule has 0 saturated heterocycles. The Labute approximate surface area is 163 Å². The van der Waals surface area contributed by atoms with Crippen molar-refractivity contribution in [3.05, 3.63) is 54.1 Å². The lowest BCUT2D eigenvalue weighted by atomic mass is 10.0. The third-order valence-corrected chi connectivity index (χ3v) is 4.87. The average Bonchev–Trinajstić information content (AvgIpc) is 3.45. The van der Waals surface area contributed by atoms with E-state index < -0.39 is 18.8 Å². The first-order valence-corrected chi connectivity index (χ1v) is 9.57. The maximum atomic E-state index is 13.9. The molecule has 1 aliphatic carbocycles. The van der Waals surface area contributed by atoms with Gasteiger partial charge in [0.2, 0.25) is 0 Å². The Hall–Kier alpha value is -2.21. The van der Waals surface area contributed by atoms with Gasteiger partial charge in [0.25, 0.3) is 12.3 Å². The van der Waals surface area contributed by atoms with Crippen molar-refractivity contribution in [2.24, 2.45) is 5.92 Å². The van der Waals surface area contributed by atoms with Crippen LogP contribution >= 0.6 is 0 Å². The highest BCUT2D eigenvalue weighted by atomic mass is 19.3. The Bertz CT molecular complexity index is 791. The second kappa shape index (κ2) is 8.43. The fourth-order valence-electron chi connectivity index (χ4n) is 3.03. The van der Waals surface area contributed by atoms with E-state index in [1.807, 2.05) is 24.3 Å². The molecular formula is C22H26F3NO2. The number of alkyl halides is 3. The largest absolute Gasteiger partial charge is 0.457 e. The molecule has 1 fully saturated rings. The highest BCUT2D eigenvalue weighted by Crippen LogP contribution is 2.35. The maximum Gasteiger partial charge on any atom is 0.298 e. The normalized spacial score (nSPS) is 16.3. The Morgan fingerprint density at radius 1 is 1.11 bits per heavy atom. The van der Waals surface area contributed by atoms with E-state index >= 15 is 0 Å². The third kappa shape index (κ3) is 5.41. The van der Waals surface area contributed by atoms with Crippen molar-refractivity contribution in [2.45, 2.75) is 44.9 Å². The molecule has 1 unspecified atom stereocenters. The van der Waals surface area contributed by atoms with Gasteiger partial charge in [0, 0.05) is 18.3 Å². The first-order chi connectivity index (χ1) is 13.2. The molecule has 1 atom stereocenters. The minimum Gasteiger partial charge on any atom is -0.457 e. The number of benzene rings is 2. The van der Waals surface area contributed by atoms with Gasteiger partial charge in [-0.15, -0.1) is 0 Å². The minimum absolute atomic E-state index is 0.334. The Morgan fingerprint density at radius 3 is 2.36 bits per heavy atom. The summed E-state index contributed by atoms with van der Waals surface area (Å²) in [7, 11) is 0. The zero-order valence-corrected chi connectivity index (χ0v) is 16.1. The van der Waals surface area contributed by atoms with Gasteiger partial charge in [-0.1, -0.05) is 32.0 Å². The predicted octanol–water partition coefficient (Wildman–Crippen LogP) is 5.74. The topological polar surface area (TPSA) is 32.7 Å². The van der Waals surface area contributed by atoms with E-state index in [4.69, 9.17) is 4.74 Å². The molecule has 1 saturated carbocycles. The Kier molecular flexibility index (Phi) is 6.18. The number of anilines is 1. The lowest BCUT2D eigenvalue weighted by molar-refractivity contribution is -0.178. The van der Waals surface area contributed by atoms with Crippen LogP contribution in [-0.2, 0) is 0 Å². The van der Waals surface area contributed by atoms with Gasteiger partial charge in [-0.05, 0) is 54.5 Å². The SMILES string of the molecule is CC(C)c1cccc(Oc2cccc(N(CC3CC3)CC(O)(F)C(F)F)c2)c1. The fraction of sp³-hybridized carbons (Fsp3) is 0.455. The Balaban J connectivity index is 1.80. The first-order valence-electron chi connectivity index (χ1n) is 9.57. The lowest BCUT2D eigenvalue weighted by Gasteiger charge is -2.30. The molecule has 152 valence electrons. The standard InChI is InChI=1S/C22H26F3NO2/c1-15(2)17-5-3-7-19(11-17)28-20-8-4-6-18(12-20)26(13-16-9-10-16)14-22(25,27)21(23)24/h3-8,11-12,15-16,21,27H,9-10,13-14H2,1-2H3. The van der Waals surface area contributed by atoms with Crippen molar-refractivity contribution < 1.29 is 23.0 Å². The number of ether oxygens (including phenoxy) is 1. The number of halogens is 3. The van der Waals surface area contributed by atoms with Crippen LogP contribution in [0.1, 0.15) is 38.2 Å². The highest BCUT2D eigenvalue weighted by Gasteiger charge is 2.41. The number of hydrogen-bond donors (Lipinski definition) is 1. The molecule has 0 amide bonds. The molecule has 3 nitrogen and oxygen atoms in total. The third-order valence-electron chi connectivity index (χ3n) is 4.87. The molecule has 0 radical (unpaired) electrons. The van der Waals surface area contributed by atoms with Crippen molar-refractivity contribution in [2.75, 3.05) is 18.0 Å². The van der Waals surface area contributed by atoms with Gasteiger partial charge in [-0.2, -0.15) is 0 Å². The molecule has 0 aliphatic heterocycles. The second-order valence-corrected chi connectivity index (χ2v) is 7.77. The van der Waals surface area contributed by atoms with Gasteiger partial charge in [-0.3, -0.25) is 0 Å². The molecule has 0 aromatic heterocycles. The van der Waals surface area contributed by atoms with Crippen molar-refractivity contribution in [1.82, 2.24) is 0 Å². The summed E-state index contributed by atoms with van der Waals surface area (Å²) in [6.07, 6.45) is -1.50. The molecule has 0 bridgehead atoms. The summed E-state index contributed by atoms with van der Waals surface area (Å²) >= 11 is 0. The summed E-state index contributed by atoms with van der Waals surface area (Å²) < 4.78 is 45.5. The zero-order chi connectivity index (χ0) is 20.3. The number of rotatable bonds is 9. The van der Waals surface area contributed by atoms with E-state index in [1.54, 1.807) is 24.3 Å². The van der Waals surface area contributed by atoms with Crippen LogP contribution in [0.15, 0.2) is 48.5 Å². The monoisotopic (exact) mass is 393 g/mol. The first kappa shape index (κ1) is 20.5. The highest BCUT2D eigenvalue weighted by molar-refractivity contribution is 5.52. The van der Waals surface area contributed by atoms with Gasteiger partial charge in [-0.25, -0.2) is 13.2 Å². The summed E-state index contributed by atoms with van der Waals surface area (Å²) in [4.78, 5) is 1.47. The van der Waals surface area contributed by atoms with Crippen LogP contribution in [0.2, 0.25) is 0 Å². The summed E-state index contributed by atoms with van der Waals surface area (Å²) in [6.45, 7) is 3.83. The van der Waals surface area contributed by atoms with Gasteiger partial charge in [0.1, 0.15) is 11.5 Å². The molecule has 1 N–H and O–H groups in total. The quantitative estimate of drug-likeness (QED) is 0.589. The second-order valence-electron chi connectivity index (χ2n) is 7.77. The van der Waals surface area contributed by atoms with Crippen molar-refractivity contribution in [3.63, 3.8) is 0 Å². The fourth-order valence-corrected chi connectivity index (χ4v) is 3.03. The summed E-state index contributed by atoms with van der Waals surface area (Å²) in [6, 6.07) is 14.6. The van der Waals surface area contributed by atoms with Crippen LogP contribution < -0.4 is 9.64 Å². The van der Waals surface area contributed by atoms with E-state index in [1.165, 1.54) is 4.90 Å². The zero-order valence-electron chi connectivity index (χ0n) is 16.1. The van der Waals surface area contributed by atoms with Crippen LogP contribution in [-0.4, -0.2) is 30.5 Å². The van der Waals surface area contributed by atoms with Gasteiger partial charge in [0.05, 0.1) is 6.54 Å². The van der Waals surface area contributed by atoms with Crippen LogP contribution in [0.3, 0.4) is 0 Å². The van der Waals surface area contributed by atoms with Crippen LogP contribution in [0.5, 0.6) is 11.5 Å². The van der Waals surface area contributed by atoms with E-state index in [0.717, 1.165) is 18.4 Å². The van der Waals surface area contributed by atoms with Crippen LogP contribution in [0.25, 0.3) is 0 Å². The number of hydrogen-bond acceptors (Lipinski definition) is 3. The van der Waals surface area contributed by atoms with E-state index in [2.05, 4.69) is 13.8 Å². The molecule has 3 rings (SSSR count). The van der Waals surface area contributed by atoms with Gasteiger partial charge in [0.15, 0.2) is 0 Å². The lowest BCUT2D eigenvalue weighted by Crippen LogP contribution is -2.45. The van der Waals surface area contributed by atoms with Crippen LogP contribution in [0, 0.1) is 5.92 Å². The summed E-state index contributed by atoms with van der Waals surface area (Å²) in [5, 5.41) is 9.45. The van der Waals surface area contributed by atoms with E-state index in [9.17, 15) is 18.3 Å². The molecule has 2 aromatic rings. The summed E-state index contributed by atoms with van der Waals surface area (Å²) in [5.41, 5.74) is 1.68. The molecule has 2 aromatic carbocycles. The number of aliphatic hydroxyl groups is 1. The minimum atomic E-state index is -3.56. The molecule has 6 heteroatoms. The van der Waals surface area contributed by atoms with Crippen LogP contribution in [0.4, 0.5) is 18.9 Å². The Morgan fingerprint density at radius 2 is 1.75 bits per heavy atom. The summed E-state index contributed by atoms with van der Waals surface area (Å²) in [5.74, 6) is -1.66. The van der Waals surface area contributed by atoms with E-state index in [0.29, 0.717) is 35.6 Å².